The topological polar surface area (TPSA) is 52.0 Å². The van der Waals surface area contributed by atoms with Crippen LogP contribution in [-0.2, 0) is 6.54 Å². The second kappa shape index (κ2) is 8.34. The van der Waals surface area contributed by atoms with Crippen molar-refractivity contribution in [1.82, 2.24) is 19.9 Å². The second-order valence-electron chi connectivity index (χ2n) is 9.32. The number of pyridine rings is 1. The fourth-order valence-corrected chi connectivity index (χ4v) is 3.98. The van der Waals surface area contributed by atoms with Crippen LogP contribution in [0.2, 0.25) is 0 Å². The summed E-state index contributed by atoms with van der Waals surface area (Å²) >= 11 is 0. The average Bonchev–Trinajstić information content (AvgIpc) is 3.25. The highest BCUT2D eigenvalue weighted by molar-refractivity contribution is 5.94. The van der Waals surface area contributed by atoms with E-state index in [-0.39, 0.29) is 5.54 Å². The third-order valence-electron chi connectivity index (χ3n) is 5.79. The maximum atomic E-state index is 5.33. The van der Waals surface area contributed by atoms with Crippen molar-refractivity contribution in [1.29, 1.82) is 0 Å². The van der Waals surface area contributed by atoms with Crippen LogP contribution < -0.4 is 10.1 Å². The molecule has 5 aromatic rings. The Bertz CT molecular complexity index is 1430. The fraction of sp³-hybridized carbons (Fsp3) is 0.214. The molecule has 0 aliphatic carbocycles. The van der Waals surface area contributed by atoms with Gasteiger partial charge >= 0.3 is 0 Å². The van der Waals surface area contributed by atoms with Crippen LogP contribution in [0.15, 0.2) is 79.1 Å². The summed E-state index contributed by atoms with van der Waals surface area (Å²) in [6.07, 6.45) is 1.82. The summed E-state index contributed by atoms with van der Waals surface area (Å²) in [6.45, 7) is 7.39. The number of rotatable bonds is 5. The Balaban J connectivity index is 1.53. The Morgan fingerprint density at radius 1 is 0.939 bits per heavy atom. The number of nitrogens with one attached hydrogen (secondary N) is 1. The molecule has 2 aromatic heterocycles. The molecule has 0 aliphatic rings. The van der Waals surface area contributed by atoms with Gasteiger partial charge in [0.1, 0.15) is 17.9 Å². The number of methoxy groups -OCH3 is 1. The highest BCUT2D eigenvalue weighted by Crippen LogP contribution is 2.29. The number of hydrogen-bond donors (Lipinski definition) is 1. The predicted molar refractivity (Wildman–Crippen MR) is 135 cm³/mol. The van der Waals surface area contributed by atoms with Crippen LogP contribution in [-0.4, -0.2) is 27.2 Å². The Kier molecular flexibility index (Phi) is 5.35. The molecule has 2 heterocycles. The minimum Gasteiger partial charge on any atom is -0.497 e. The lowest BCUT2D eigenvalue weighted by molar-refractivity contribution is 0.415. The summed E-state index contributed by atoms with van der Waals surface area (Å²) in [5, 5.41) is 4.65. The number of hydrogen-bond acceptors (Lipinski definition) is 4. The van der Waals surface area contributed by atoms with E-state index in [1.807, 2.05) is 35.2 Å². The van der Waals surface area contributed by atoms with Crippen molar-refractivity contribution in [3.05, 3.63) is 84.7 Å². The summed E-state index contributed by atoms with van der Waals surface area (Å²) in [6, 6.07) is 25.1. The zero-order valence-electron chi connectivity index (χ0n) is 19.5. The number of aromatic nitrogens is 3. The van der Waals surface area contributed by atoms with Crippen molar-refractivity contribution < 1.29 is 4.74 Å². The highest BCUT2D eigenvalue weighted by atomic mass is 16.5. The van der Waals surface area contributed by atoms with Gasteiger partial charge in [0.15, 0.2) is 0 Å². The van der Waals surface area contributed by atoms with Crippen LogP contribution in [0.25, 0.3) is 38.9 Å². The zero-order chi connectivity index (χ0) is 23.0. The van der Waals surface area contributed by atoms with Gasteiger partial charge in [-0.2, -0.15) is 0 Å². The molecule has 3 aromatic carbocycles. The molecular formula is C28H28N4O. The largest absolute Gasteiger partial charge is 0.497 e. The predicted octanol–water partition coefficient (Wildman–Crippen LogP) is 6.14. The van der Waals surface area contributed by atoms with Gasteiger partial charge in [-0.25, -0.2) is 9.97 Å². The molecule has 5 nitrogen and oxygen atoms in total. The molecule has 33 heavy (non-hydrogen) atoms. The van der Waals surface area contributed by atoms with Crippen LogP contribution in [0.5, 0.6) is 5.75 Å². The monoisotopic (exact) mass is 436 g/mol. The third-order valence-corrected chi connectivity index (χ3v) is 5.79. The Hall–Kier alpha value is -3.70. The van der Waals surface area contributed by atoms with E-state index in [4.69, 9.17) is 9.72 Å². The molecule has 5 rings (SSSR count). The summed E-state index contributed by atoms with van der Waals surface area (Å²) in [5.74, 6) is 1.64. The summed E-state index contributed by atoms with van der Waals surface area (Å²) in [4.78, 5) is 9.60. The van der Waals surface area contributed by atoms with E-state index < -0.39 is 0 Å². The fourth-order valence-electron chi connectivity index (χ4n) is 3.98. The molecule has 0 amide bonds. The molecular weight excluding hydrogens is 408 g/mol. The summed E-state index contributed by atoms with van der Waals surface area (Å²) in [5.41, 5.74) is 6.49. The van der Waals surface area contributed by atoms with Gasteiger partial charge in [-0.1, -0.05) is 42.5 Å². The number of nitrogens with zero attached hydrogens (tertiary/aromatic N) is 3. The van der Waals surface area contributed by atoms with Gasteiger partial charge in [0.25, 0.3) is 0 Å². The maximum absolute atomic E-state index is 5.33. The number of ether oxygens (including phenoxy) is 1. The van der Waals surface area contributed by atoms with Crippen molar-refractivity contribution in [3.63, 3.8) is 0 Å². The molecule has 0 spiro atoms. The van der Waals surface area contributed by atoms with Gasteiger partial charge in [0.05, 0.1) is 23.7 Å². The molecule has 0 bridgehead atoms. The number of fused-ring (bicyclic) bond motifs is 2. The molecule has 166 valence electrons. The molecule has 0 saturated carbocycles. The van der Waals surface area contributed by atoms with Crippen LogP contribution in [0, 0.1) is 0 Å². The lowest BCUT2D eigenvalue weighted by Gasteiger charge is -2.20. The first kappa shape index (κ1) is 21.2. The zero-order valence-corrected chi connectivity index (χ0v) is 19.5. The Morgan fingerprint density at radius 3 is 2.52 bits per heavy atom. The van der Waals surface area contributed by atoms with Crippen molar-refractivity contribution in [2.24, 2.45) is 0 Å². The van der Waals surface area contributed by atoms with Crippen LogP contribution in [0.3, 0.4) is 0 Å². The maximum Gasteiger partial charge on any atom is 0.139 e. The smallest absolute Gasteiger partial charge is 0.139 e. The molecule has 0 radical (unpaired) electrons. The summed E-state index contributed by atoms with van der Waals surface area (Å²) in [7, 11) is 1.66. The minimum atomic E-state index is 0.0945. The van der Waals surface area contributed by atoms with Crippen molar-refractivity contribution >= 4 is 21.9 Å². The highest BCUT2D eigenvalue weighted by Gasteiger charge is 2.12. The quantitative estimate of drug-likeness (QED) is 0.360. The SMILES string of the molecule is COc1ccc2c(c1)ncn2-c1ccc2cccc(-c3ccc(CNC(C)(C)C)cc3)c2n1. The van der Waals surface area contributed by atoms with E-state index >= 15 is 0 Å². The van der Waals surface area contributed by atoms with Gasteiger partial charge in [-0.05, 0) is 56.2 Å². The van der Waals surface area contributed by atoms with E-state index in [9.17, 15) is 0 Å². The first-order valence-electron chi connectivity index (χ1n) is 11.2. The van der Waals surface area contributed by atoms with E-state index in [1.165, 1.54) is 5.56 Å². The molecule has 0 aliphatic heterocycles. The van der Waals surface area contributed by atoms with Gasteiger partial charge in [-0.15, -0.1) is 0 Å². The Morgan fingerprint density at radius 2 is 1.76 bits per heavy atom. The minimum absolute atomic E-state index is 0.0945. The van der Waals surface area contributed by atoms with E-state index in [0.29, 0.717) is 0 Å². The van der Waals surface area contributed by atoms with Crippen molar-refractivity contribution in [3.8, 4) is 22.7 Å². The average molecular weight is 437 g/mol. The van der Waals surface area contributed by atoms with Gasteiger partial charge in [0.2, 0.25) is 0 Å². The number of para-hydroxylation sites is 1. The molecule has 1 N–H and O–H groups in total. The van der Waals surface area contributed by atoms with Crippen LogP contribution >= 0.6 is 0 Å². The van der Waals surface area contributed by atoms with Crippen LogP contribution in [0.4, 0.5) is 0 Å². The standard InChI is InChI=1S/C28H28N4O/c1-28(2,3)30-17-19-8-10-20(11-9-19)23-7-5-6-21-12-15-26(31-27(21)23)32-18-29-24-16-22(33-4)13-14-25(24)32/h5-16,18,30H,17H2,1-4H3. The van der Waals surface area contributed by atoms with Gasteiger partial charge in [0, 0.05) is 29.1 Å². The van der Waals surface area contributed by atoms with E-state index in [1.54, 1.807) is 7.11 Å². The molecule has 0 unspecified atom stereocenters. The van der Waals surface area contributed by atoms with E-state index in [0.717, 1.165) is 51.2 Å². The number of imidazole rings is 1. The van der Waals surface area contributed by atoms with Crippen molar-refractivity contribution in [2.75, 3.05) is 7.11 Å². The van der Waals surface area contributed by atoms with Gasteiger partial charge < -0.3 is 10.1 Å². The Labute approximate surface area is 194 Å². The second-order valence-corrected chi connectivity index (χ2v) is 9.32. The van der Waals surface area contributed by atoms with E-state index in [2.05, 4.69) is 79.6 Å². The van der Waals surface area contributed by atoms with Crippen LogP contribution in [0.1, 0.15) is 26.3 Å². The molecule has 0 saturated heterocycles. The molecule has 5 heteroatoms. The third kappa shape index (κ3) is 4.32. The lowest BCUT2D eigenvalue weighted by atomic mass is 10.0. The lowest BCUT2D eigenvalue weighted by Crippen LogP contribution is -2.35. The first-order valence-corrected chi connectivity index (χ1v) is 11.2. The van der Waals surface area contributed by atoms with Gasteiger partial charge in [-0.3, -0.25) is 4.57 Å². The first-order chi connectivity index (χ1) is 15.9. The molecule has 0 fully saturated rings. The summed E-state index contributed by atoms with van der Waals surface area (Å²) < 4.78 is 7.35. The number of benzene rings is 3. The van der Waals surface area contributed by atoms with Crippen molar-refractivity contribution in [2.45, 2.75) is 32.9 Å². The normalized spacial score (nSPS) is 11.9. The molecule has 0 atom stereocenters.